The lowest BCUT2D eigenvalue weighted by Gasteiger charge is -2.28. The summed E-state index contributed by atoms with van der Waals surface area (Å²) < 4.78 is 0. The number of amides is 2. The first-order valence-corrected chi connectivity index (χ1v) is 7.29. The standard InChI is InChI=1S/C16H24N2O3/c1-4-13(5-2)18(3)16(21)17-14(15(19)20)11-12-9-7-6-8-10-12/h6-10,13-14H,4-5,11H2,1-3H3,(H,17,21)(H,19,20). The number of carbonyl (C=O) groups excluding carboxylic acids is 1. The number of carboxylic acids is 1. The number of benzene rings is 1. The summed E-state index contributed by atoms with van der Waals surface area (Å²) in [5, 5.41) is 11.9. The Kier molecular flexibility index (Phi) is 6.72. The van der Waals surface area contributed by atoms with Crippen LogP contribution in [0.25, 0.3) is 0 Å². The molecule has 1 unspecified atom stereocenters. The first-order chi connectivity index (χ1) is 9.99. The Labute approximate surface area is 126 Å². The third kappa shape index (κ3) is 5.10. The van der Waals surface area contributed by atoms with E-state index < -0.39 is 12.0 Å². The third-order valence-electron chi connectivity index (χ3n) is 3.69. The molecule has 2 amide bonds. The third-order valence-corrected chi connectivity index (χ3v) is 3.69. The number of carboxylic acid groups (broad SMARTS) is 1. The summed E-state index contributed by atoms with van der Waals surface area (Å²) in [5.74, 6) is -1.02. The highest BCUT2D eigenvalue weighted by atomic mass is 16.4. The Morgan fingerprint density at radius 1 is 1.19 bits per heavy atom. The minimum absolute atomic E-state index is 0.121. The van der Waals surface area contributed by atoms with E-state index in [9.17, 15) is 14.7 Å². The highest BCUT2D eigenvalue weighted by Crippen LogP contribution is 2.08. The number of nitrogens with zero attached hydrogens (tertiary/aromatic N) is 1. The van der Waals surface area contributed by atoms with Crippen LogP contribution in [0.15, 0.2) is 30.3 Å². The Morgan fingerprint density at radius 2 is 1.76 bits per heavy atom. The minimum Gasteiger partial charge on any atom is -0.480 e. The molecule has 0 heterocycles. The Hall–Kier alpha value is -2.04. The molecule has 0 fully saturated rings. The topological polar surface area (TPSA) is 69.6 Å². The summed E-state index contributed by atoms with van der Waals surface area (Å²) in [7, 11) is 1.70. The summed E-state index contributed by atoms with van der Waals surface area (Å²) in [6.45, 7) is 4.02. The predicted molar refractivity (Wildman–Crippen MR) is 82.2 cm³/mol. The number of rotatable bonds is 7. The molecule has 0 aliphatic rings. The van der Waals surface area contributed by atoms with Crippen LogP contribution in [-0.4, -0.2) is 41.1 Å². The quantitative estimate of drug-likeness (QED) is 0.811. The summed E-state index contributed by atoms with van der Waals surface area (Å²) in [5.41, 5.74) is 0.885. The van der Waals surface area contributed by atoms with Crippen LogP contribution in [0.3, 0.4) is 0 Å². The van der Waals surface area contributed by atoms with Crippen LogP contribution >= 0.6 is 0 Å². The Morgan fingerprint density at radius 3 is 2.24 bits per heavy atom. The van der Waals surface area contributed by atoms with Crippen molar-refractivity contribution in [3.05, 3.63) is 35.9 Å². The van der Waals surface area contributed by atoms with Gasteiger partial charge in [-0.2, -0.15) is 0 Å². The molecule has 1 atom stereocenters. The van der Waals surface area contributed by atoms with Gasteiger partial charge in [0.15, 0.2) is 0 Å². The van der Waals surface area contributed by atoms with Gasteiger partial charge < -0.3 is 15.3 Å². The molecule has 21 heavy (non-hydrogen) atoms. The second-order valence-electron chi connectivity index (χ2n) is 5.11. The second kappa shape index (κ2) is 8.29. The fraction of sp³-hybridized carbons (Fsp3) is 0.500. The molecule has 1 rings (SSSR count). The molecule has 0 aliphatic carbocycles. The van der Waals surface area contributed by atoms with Crippen molar-refractivity contribution in [1.29, 1.82) is 0 Å². The van der Waals surface area contributed by atoms with E-state index in [1.165, 1.54) is 0 Å². The van der Waals surface area contributed by atoms with Gasteiger partial charge in [0.2, 0.25) is 0 Å². The van der Waals surface area contributed by atoms with Crippen LogP contribution in [0.5, 0.6) is 0 Å². The van der Waals surface area contributed by atoms with Crippen molar-refractivity contribution in [2.45, 2.75) is 45.2 Å². The van der Waals surface area contributed by atoms with Gasteiger partial charge in [-0.25, -0.2) is 9.59 Å². The van der Waals surface area contributed by atoms with E-state index in [0.29, 0.717) is 0 Å². The van der Waals surface area contributed by atoms with Crippen molar-refractivity contribution < 1.29 is 14.7 Å². The van der Waals surface area contributed by atoms with Gasteiger partial charge in [0, 0.05) is 19.5 Å². The highest BCUT2D eigenvalue weighted by Gasteiger charge is 2.24. The molecule has 0 aliphatic heterocycles. The van der Waals surface area contributed by atoms with Crippen molar-refractivity contribution in [3.63, 3.8) is 0 Å². The smallest absolute Gasteiger partial charge is 0.326 e. The maximum atomic E-state index is 12.2. The zero-order valence-electron chi connectivity index (χ0n) is 12.9. The van der Waals surface area contributed by atoms with Crippen LogP contribution in [0.1, 0.15) is 32.3 Å². The minimum atomic E-state index is -1.02. The molecule has 5 heteroatoms. The fourth-order valence-electron chi connectivity index (χ4n) is 2.30. The normalized spacial score (nSPS) is 12.0. The maximum absolute atomic E-state index is 12.2. The van der Waals surface area contributed by atoms with Crippen LogP contribution in [0, 0.1) is 0 Å². The Balaban J connectivity index is 2.70. The molecule has 0 bridgehead atoms. The van der Waals surface area contributed by atoms with E-state index in [1.54, 1.807) is 11.9 Å². The first-order valence-electron chi connectivity index (χ1n) is 7.29. The largest absolute Gasteiger partial charge is 0.480 e. The second-order valence-corrected chi connectivity index (χ2v) is 5.11. The van der Waals surface area contributed by atoms with Crippen molar-refractivity contribution in [1.82, 2.24) is 10.2 Å². The number of hydrogen-bond donors (Lipinski definition) is 2. The van der Waals surface area contributed by atoms with Crippen molar-refractivity contribution in [2.75, 3.05) is 7.05 Å². The van der Waals surface area contributed by atoms with Gasteiger partial charge in [0.25, 0.3) is 0 Å². The van der Waals surface area contributed by atoms with Crippen molar-refractivity contribution in [3.8, 4) is 0 Å². The molecular weight excluding hydrogens is 268 g/mol. The lowest BCUT2D eigenvalue weighted by molar-refractivity contribution is -0.139. The van der Waals surface area contributed by atoms with Gasteiger partial charge in [-0.15, -0.1) is 0 Å². The molecule has 0 spiro atoms. The van der Waals surface area contributed by atoms with Gasteiger partial charge in [0.05, 0.1) is 0 Å². The molecule has 0 saturated carbocycles. The summed E-state index contributed by atoms with van der Waals surface area (Å²) in [6, 6.07) is 8.15. The molecule has 1 aromatic rings. The molecule has 0 radical (unpaired) electrons. The van der Waals surface area contributed by atoms with Gasteiger partial charge in [-0.05, 0) is 18.4 Å². The Bertz CT molecular complexity index is 458. The van der Waals surface area contributed by atoms with Crippen LogP contribution in [0.4, 0.5) is 4.79 Å². The molecule has 5 nitrogen and oxygen atoms in total. The van der Waals surface area contributed by atoms with Crippen LogP contribution in [0.2, 0.25) is 0 Å². The fourth-order valence-corrected chi connectivity index (χ4v) is 2.30. The van der Waals surface area contributed by atoms with E-state index in [-0.39, 0.29) is 18.5 Å². The van der Waals surface area contributed by atoms with E-state index in [0.717, 1.165) is 18.4 Å². The SMILES string of the molecule is CCC(CC)N(C)C(=O)NC(Cc1ccccc1)C(=O)O. The van der Waals surface area contributed by atoms with E-state index in [1.807, 2.05) is 44.2 Å². The van der Waals surface area contributed by atoms with Gasteiger partial charge in [0.1, 0.15) is 6.04 Å². The number of nitrogens with one attached hydrogen (secondary N) is 1. The molecule has 2 N–H and O–H groups in total. The lowest BCUT2D eigenvalue weighted by atomic mass is 10.1. The average Bonchev–Trinajstić information content (AvgIpc) is 2.48. The summed E-state index contributed by atoms with van der Waals surface area (Å²) in [4.78, 5) is 25.1. The molecule has 0 saturated heterocycles. The molecule has 0 aromatic heterocycles. The van der Waals surface area contributed by atoms with E-state index >= 15 is 0 Å². The van der Waals surface area contributed by atoms with E-state index in [4.69, 9.17) is 0 Å². The lowest BCUT2D eigenvalue weighted by Crippen LogP contribution is -2.50. The first kappa shape index (κ1) is 17.0. The number of urea groups is 1. The maximum Gasteiger partial charge on any atom is 0.326 e. The van der Waals surface area contributed by atoms with Gasteiger partial charge in [-0.1, -0.05) is 44.2 Å². The monoisotopic (exact) mass is 292 g/mol. The zero-order valence-corrected chi connectivity index (χ0v) is 12.9. The summed E-state index contributed by atoms with van der Waals surface area (Å²) >= 11 is 0. The molecular formula is C16H24N2O3. The van der Waals surface area contributed by atoms with Crippen LogP contribution in [-0.2, 0) is 11.2 Å². The average molecular weight is 292 g/mol. The number of carbonyl (C=O) groups is 2. The van der Waals surface area contributed by atoms with E-state index in [2.05, 4.69) is 5.32 Å². The summed E-state index contributed by atoms with van der Waals surface area (Å²) in [6.07, 6.45) is 1.96. The van der Waals surface area contributed by atoms with Crippen molar-refractivity contribution in [2.24, 2.45) is 0 Å². The van der Waals surface area contributed by atoms with Crippen molar-refractivity contribution >= 4 is 12.0 Å². The van der Waals surface area contributed by atoms with Gasteiger partial charge >= 0.3 is 12.0 Å². The van der Waals surface area contributed by atoms with Gasteiger partial charge in [-0.3, -0.25) is 0 Å². The number of aliphatic carboxylic acids is 1. The predicted octanol–water partition coefficient (Wildman–Crippen LogP) is 2.51. The molecule has 1 aromatic carbocycles. The number of hydrogen-bond acceptors (Lipinski definition) is 2. The highest BCUT2D eigenvalue weighted by molar-refractivity contribution is 5.82. The van der Waals surface area contributed by atoms with Crippen LogP contribution < -0.4 is 5.32 Å². The molecule has 116 valence electrons. The zero-order chi connectivity index (χ0) is 15.8.